The molecule has 0 bridgehead atoms. The monoisotopic (exact) mass is 370 g/mol. The smallest absolute Gasteiger partial charge is 0.193 e. The maximum absolute atomic E-state index is 12.5. The van der Waals surface area contributed by atoms with Crippen molar-refractivity contribution in [2.24, 2.45) is 5.92 Å². The summed E-state index contributed by atoms with van der Waals surface area (Å²) in [6.07, 6.45) is 2.36. The fourth-order valence-electron chi connectivity index (χ4n) is 3.35. The predicted molar refractivity (Wildman–Crippen MR) is 102 cm³/mol. The Labute approximate surface area is 156 Å². The van der Waals surface area contributed by atoms with E-state index in [1.165, 1.54) is 6.07 Å². The van der Waals surface area contributed by atoms with Crippen molar-refractivity contribution in [2.45, 2.75) is 25.9 Å². The fourth-order valence-corrected chi connectivity index (χ4v) is 3.56. The predicted octanol–water partition coefficient (Wildman–Crippen LogP) is 5.30. The van der Waals surface area contributed by atoms with Gasteiger partial charge in [0.1, 0.15) is 17.3 Å². The molecule has 1 fully saturated rings. The number of hydrogen-bond donors (Lipinski definition) is 0. The Kier molecular flexibility index (Phi) is 4.37. The topological polar surface area (TPSA) is 48.7 Å². The first-order valence-corrected chi connectivity index (χ1v) is 9.00. The summed E-state index contributed by atoms with van der Waals surface area (Å²) in [5.74, 6) is 2.45. The molecule has 1 aliphatic carbocycles. The highest BCUT2D eigenvalue weighted by Gasteiger charge is 2.27. The van der Waals surface area contributed by atoms with Gasteiger partial charge in [-0.3, -0.25) is 4.79 Å². The SMILES string of the molecule is COc1ccc(OC2CC(C)C2)cc1-c1cc(=O)c2cccc(Cl)c2o1. The Morgan fingerprint density at radius 2 is 1.96 bits per heavy atom. The summed E-state index contributed by atoms with van der Waals surface area (Å²) in [4.78, 5) is 12.5. The summed E-state index contributed by atoms with van der Waals surface area (Å²) < 4.78 is 17.4. The zero-order valence-corrected chi connectivity index (χ0v) is 15.4. The fraction of sp³-hybridized carbons (Fsp3) is 0.286. The molecule has 2 aromatic carbocycles. The van der Waals surface area contributed by atoms with Gasteiger partial charge >= 0.3 is 0 Å². The first-order valence-electron chi connectivity index (χ1n) is 8.62. The van der Waals surface area contributed by atoms with Crippen molar-refractivity contribution < 1.29 is 13.9 Å². The van der Waals surface area contributed by atoms with Crippen molar-refractivity contribution in [1.29, 1.82) is 0 Å². The van der Waals surface area contributed by atoms with Crippen LogP contribution in [0.15, 0.2) is 51.7 Å². The molecule has 0 amide bonds. The van der Waals surface area contributed by atoms with E-state index in [1.807, 2.05) is 18.2 Å². The molecule has 1 aromatic heterocycles. The lowest BCUT2D eigenvalue weighted by molar-refractivity contribution is 0.0738. The second kappa shape index (κ2) is 6.69. The lowest BCUT2D eigenvalue weighted by atomic mass is 9.84. The van der Waals surface area contributed by atoms with Gasteiger partial charge in [-0.15, -0.1) is 0 Å². The highest BCUT2D eigenvalue weighted by Crippen LogP contribution is 2.37. The van der Waals surface area contributed by atoms with Gasteiger partial charge in [-0.2, -0.15) is 0 Å². The van der Waals surface area contributed by atoms with E-state index in [-0.39, 0.29) is 11.5 Å². The van der Waals surface area contributed by atoms with Gasteiger partial charge in [0, 0.05) is 6.07 Å². The van der Waals surface area contributed by atoms with Gasteiger partial charge in [0.25, 0.3) is 0 Å². The third kappa shape index (κ3) is 3.06. The van der Waals surface area contributed by atoms with Gasteiger partial charge < -0.3 is 13.9 Å². The number of ether oxygens (including phenoxy) is 2. The van der Waals surface area contributed by atoms with Crippen molar-refractivity contribution >= 4 is 22.6 Å². The number of hydrogen-bond acceptors (Lipinski definition) is 4. The molecule has 1 aliphatic rings. The van der Waals surface area contributed by atoms with E-state index in [9.17, 15) is 4.79 Å². The molecule has 0 unspecified atom stereocenters. The summed E-state index contributed by atoms with van der Waals surface area (Å²) in [5, 5.41) is 0.854. The minimum Gasteiger partial charge on any atom is -0.496 e. The highest BCUT2D eigenvalue weighted by molar-refractivity contribution is 6.34. The Balaban J connectivity index is 1.79. The van der Waals surface area contributed by atoms with Gasteiger partial charge in [0.2, 0.25) is 0 Å². The quantitative estimate of drug-likeness (QED) is 0.625. The first-order chi connectivity index (χ1) is 12.5. The van der Waals surface area contributed by atoms with Crippen LogP contribution >= 0.6 is 11.6 Å². The number of methoxy groups -OCH3 is 1. The van der Waals surface area contributed by atoms with Crippen molar-refractivity contribution in [3.63, 3.8) is 0 Å². The number of fused-ring (bicyclic) bond motifs is 1. The van der Waals surface area contributed by atoms with E-state index in [0.29, 0.717) is 39.0 Å². The molecule has 1 heterocycles. The number of rotatable bonds is 4. The number of benzene rings is 2. The number of para-hydroxylation sites is 1. The van der Waals surface area contributed by atoms with Gasteiger partial charge in [0.15, 0.2) is 11.0 Å². The maximum Gasteiger partial charge on any atom is 0.193 e. The van der Waals surface area contributed by atoms with Gasteiger partial charge in [0.05, 0.1) is 29.2 Å². The molecule has 3 aromatic rings. The molecule has 0 radical (unpaired) electrons. The molecule has 1 saturated carbocycles. The van der Waals surface area contributed by atoms with Gasteiger partial charge in [-0.1, -0.05) is 24.6 Å². The van der Waals surface area contributed by atoms with E-state index in [4.69, 9.17) is 25.5 Å². The molecule has 0 spiro atoms. The van der Waals surface area contributed by atoms with E-state index < -0.39 is 0 Å². The van der Waals surface area contributed by atoms with Crippen molar-refractivity contribution in [1.82, 2.24) is 0 Å². The zero-order valence-electron chi connectivity index (χ0n) is 14.6. The summed E-state index contributed by atoms with van der Waals surface area (Å²) >= 11 is 6.21. The summed E-state index contributed by atoms with van der Waals surface area (Å²) in [5.41, 5.74) is 0.888. The van der Waals surface area contributed by atoms with Crippen molar-refractivity contribution in [3.8, 4) is 22.8 Å². The second-order valence-corrected chi connectivity index (χ2v) is 7.18. The van der Waals surface area contributed by atoms with Crippen LogP contribution < -0.4 is 14.9 Å². The molecular formula is C21H19ClO4. The van der Waals surface area contributed by atoms with Crippen LogP contribution in [0.3, 0.4) is 0 Å². The van der Waals surface area contributed by atoms with E-state index in [2.05, 4.69) is 6.92 Å². The van der Waals surface area contributed by atoms with Gasteiger partial charge in [-0.25, -0.2) is 0 Å². The van der Waals surface area contributed by atoms with Crippen LogP contribution in [0.25, 0.3) is 22.3 Å². The van der Waals surface area contributed by atoms with Crippen LogP contribution in [0.5, 0.6) is 11.5 Å². The summed E-state index contributed by atoms with van der Waals surface area (Å²) in [6, 6.07) is 12.1. The van der Waals surface area contributed by atoms with Crippen LogP contribution in [0.2, 0.25) is 5.02 Å². The molecule has 0 aliphatic heterocycles. The largest absolute Gasteiger partial charge is 0.496 e. The second-order valence-electron chi connectivity index (χ2n) is 6.77. The summed E-state index contributed by atoms with van der Waals surface area (Å²) in [6.45, 7) is 2.22. The molecule has 0 atom stereocenters. The normalized spacial score (nSPS) is 19.2. The lowest BCUT2D eigenvalue weighted by Gasteiger charge is -2.33. The first kappa shape index (κ1) is 17.0. The standard InChI is InChI=1S/C21H19ClO4/c1-12-8-14(9-12)25-13-6-7-19(24-2)16(10-13)20-11-18(23)15-4-3-5-17(22)21(15)26-20/h3-7,10-12,14H,8-9H2,1-2H3. The molecular weight excluding hydrogens is 352 g/mol. The van der Waals surface area contributed by atoms with Crippen LogP contribution in [0, 0.1) is 5.92 Å². The Morgan fingerprint density at radius 1 is 1.15 bits per heavy atom. The van der Waals surface area contributed by atoms with E-state index >= 15 is 0 Å². The van der Waals surface area contributed by atoms with Crippen molar-refractivity contribution in [2.75, 3.05) is 7.11 Å². The third-order valence-corrected chi connectivity index (χ3v) is 5.07. The molecule has 0 N–H and O–H groups in total. The lowest BCUT2D eigenvalue weighted by Crippen LogP contribution is -2.31. The Hall–Kier alpha value is -2.46. The minimum absolute atomic E-state index is 0.148. The van der Waals surface area contributed by atoms with Crippen molar-refractivity contribution in [3.05, 3.63) is 57.7 Å². The van der Waals surface area contributed by atoms with Crippen LogP contribution in [-0.2, 0) is 0 Å². The Morgan fingerprint density at radius 3 is 2.69 bits per heavy atom. The highest BCUT2D eigenvalue weighted by atomic mass is 35.5. The third-order valence-electron chi connectivity index (χ3n) is 4.78. The molecule has 5 heteroatoms. The average Bonchev–Trinajstić information content (AvgIpc) is 2.61. The number of halogens is 1. The molecule has 134 valence electrons. The molecule has 26 heavy (non-hydrogen) atoms. The zero-order chi connectivity index (χ0) is 18.3. The molecule has 4 rings (SSSR count). The van der Waals surface area contributed by atoms with E-state index in [1.54, 1.807) is 25.3 Å². The minimum atomic E-state index is -0.148. The summed E-state index contributed by atoms with van der Waals surface area (Å²) in [7, 11) is 1.58. The average molecular weight is 371 g/mol. The van der Waals surface area contributed by atoms with Crippen LogP contribution in [-0.4, -0.2) is 13.2 Å². The maximum atomic E-state index is 12.5. The Bertz CT molecular complexity index is 1020. The molecule has 0 saturated heterocycles. The van der Waals surface area contributed by atoms with Crippen LogP contribution in [0.4, 0.5) is 0 Å². The van der Waals surface area contributed by atoms with Crippen LogP contribution in [0.1, 0.15) is 19.8 Å². The van der Waals surface area contributed by atoms with Gasteiger partial charge in [-0.05, 0) is 49.1 Å². The molecule has 4 nitrogen and oxygen atoms in total. The van der Waals surface area contributed by atoms with E-state index in [0.717, 1.165) is 18.6 Å².